The maximum absolute atomic E-state index is 13.4. The predicted molar refractivity (Wildman–Crippen MR) is 240 cm³/mol. The number of hydrogen-bond acceptors (Lipinski definition) is 8. The van der Waals surface area contributed by atoms with Crippen molar-refractivity contribution < 1.29 is 62.2 Å². The summed E-state index contributed by atoms with van der Waals surface area (Å²) >= 11 is 14.3. The van der Waals surface area contributed by atoms with Crippen molar-refractivity contribution in [3.05, 3.63) is 138 Å². The third kappa shape index (κ3) is 11.9. The number of amides is 2. The zero-order valence-electron chi connectivity index (χ0n) is 34.5. The molecule has 0 saturated heterocycles. The first-order valence-corrected chi connectivity index (χ1v) is 24.8. The molecule has 2 heterocycles. The van der Waals surface area contributed by atoms with Gasteiger partial charge in [-0.15, -0.1) is 0 Å². The highest BCUT2D eigenvalue weighted by molar-refractivity contribution is 14.1. The Morgan fingerprint density at radius 3 is 1.40 bits per heavy atom. The van der Waals surface area contributed by atoms with Crippen molar-refractivity contribution >= 4 is 77.3 Å². The summed E-state index contributed by atoms with van der Waals surface area (Å²) < 4.78 is 137. The zero-order valence-corrected chi connectivity index (χ0v) is 39.8. The number of halogens is 9. The van der Waals surface area contributed by atoms with Crippen molar-refractivity contribution in [1.29, 1.82) is 0 Å². The molecule has 21 heteroatoms. The SMILES string of the molecule is CC(Oc1ccc(S(C)(=O)=O)cc1C(=O)N1Cc2ccc(-c3ccc(Cl)c(Cl)c3)cc2C1)C(F)(F)F.C[C@H](Oc1ccc(S(C)(=O)=O)cc1C(=O)N1Cc2ccc(I)cc2C1)C(F)(F)F. The summed E-state index contributed by atoms with van der Waals surface area (Å²) in [7, 11) is -7.39. The molecule has 2 aliphatic heterocycles. The second kappa shape index (κ2) is 19.0. The summed E-state index contributed by atoms with van der Waals surface area (Å²) in [6.07, 6.45) is -11.7. The van der Waals surface area contributed by atoms with E-state index in [1.54, 1.807) is 12.1 Å². The predicted octanol–water partition coefficient (Wildman–Crippen LogP) is 10.7. The van der Waals surface area contributed by atoms with Gasteiger partial charge in [0.05, 0.1) is 31.0 Å². The Morgan fingerprint density at radius 1 is 0.569 bits per heavy atom. The third-order valence-electron chi connectivity index (χ3n) is 10.4. The second-order valence-corrected chi connectivity index (χ2v) is 21.4. The molecule has 2 atom stereocenters. The van der Waals surface area contributed by atoms with Crippen LogP contribution in [0.25, 0.3) is 11.1 Å². The lowest BCUT2D eigenvalue weighted by molar-refractivity contribution is -0.189. The van der Waals surface area contributed by atoms with Gasteiger partial charge in [-0.25, -0.2) is 16.8 Å². The average Bonchev–Trinajstić information content (AvgIpc) is 3.84. The quantitative estimate of drug-likeness (QED) is 0.105. The molecule has 5 aromatic rings. The minimum absolute atomic E-state index is 0.167. The van der Waals surface area contributed by atoms with Gasteiger partial charge in [0.1, 0.15) is 11.5 Å². The lowest BCUT2D eigenvalue weighted by Gasteiger charge is -2.22. The van der Waals surface area contributed by atoms with Gasteiger partial charge >= 0.3 is 12.4 Å². The van der Waals surface area contributed by atoms with Gasteiger partial charge in [0.15, 0.2) is 31.9 Å². The van der Waals surface area contributed by atoms with Gasteiger partial charge in [-0.1, -0.05) is 47.5 Å². The lowest BCUT2D eigenvalue weighted by atomic mass is 10.0. The van der Waals surface area contributed by atoms with Crippen LogP contribution in [0.2, 0.25) is 10.0 Å². The van der Waals surface area contributed by atoms with E-state index in [9.17, 15) is 52.8 Å². The first kappa shape index (κ1) is 49.9. The molecule has 0 radical (unpaired) electrons. The summed E-state index contributed by atoms with van der Waals surface area (Å²) in [5, 5.41) is 0.824. The standard InChI is InChI=1S/C25H20Cl2F3NO4S.C19H17F3INO4S/c1-14(25(28,29)30)35-23-8-6-19(36(2,33)34)11-20(23)24(32)31-12-17-4-3-15(9-18(17)13-31)16-5-7-21(26)22(27)10-16;1-11(19(20,21)22)28-17-6-5-15(29(2,26)27)8-16(17)18(25)24-9-12-3-4-14(23)7-13(12)10-24/h3-11,14H,12-13H2,1-2H3;3-8,11H,9-10H2,1-2H3/t;11-/m.0/s1. The van der Waals surface area contributed by atoms with Crippen molar-refractivity contribution in [3.63, 3.8) is 0 Å². The molecule has 0 saturated carbocycles. The van der Waals surface area contributed by atoms with E-state index < -0.39 is 56.0 Å². The smallest absolute Gasteiger partial charge is 0.425 e. The summed E-state index contributed by atoms with van der Waals surface area (Å²) in [5.41, 5.74) is 4.78. The Hall–Kier alpha value is -4.57. The van der Waals surface area contributed by atoms with Crippen LogP contribution in [0, 0.1) is 3.57 Å². The molecule has 0 fully saturated rings. The van der Waals surface area contributed by atoms with Gasteiger partial charge < -0.3 is 19.3 Å². The van der Waals surface area contributed by atoms with Gasteiger partial charge in [0, 0.05) is 42.3 Å². The van der Waals surface area contributed by atoms with Crippen LogP contribution < -0.4 is 9.47 Å². The molecule has 2 aliphatic rings. The fourth-order valence-electron chi connectivity index (χ4n) is 6.77. The Kier molecular flexibility index (Phi) is 14.5. The summed E-state index contributed by atoms with van der Waals surface area (Å²) in [4.78, 5) is 29.0. The van der Waals surface area contributed by atoms with Crippen molar-refractivity contribution in [1.82, 2.24) is 9.80 Å². The molecule has 0 spiro atoms. The molecule has 346 valence electrons. The van der Waals surface area contributed by atoms with Gasteiger partial charge in [0.25, 0.3) is 11.8 Å². The topological polar surface area (TPSA) is 127 Å². The van der Waals surface area contributed by atoms with Crippen LogP contribution in [-0.4, -0.2) is 75.5 Å². The molecule has 2 amide bonds. The minimum Gasteiger partial charge on any atom is -0.480 e. The highest BCUT2D eigenvalue weighted by Crippen LogP contribution is 2.36. The van der Waals surface area contributed by atoms with Crippen LogP contribution >= 0.6 is 45.8 Å². The van der Waals surface area contributed by atoms with E-state index in [2.05, 4.69) is 22.6 Å². The largest absolute Gasteiger partial charge is 0.480 e. The normalized spacial score (nSPS) is 14.8. The van der Waals surface area contributed by atoms with Crippen molar-refractivity contribution in [3.8, 4) is 22.6 Å². The number of alkyl halides is 6. The molecule has 0 aromatic heterocycles. The Bertz CT molecular complexity index is 2920. The molecule has 0 N–H and O–H groups in total. The fraction of sp³-hybridized carbons (Fsp3) is 0.273. The maximum atomic E-state index is 13.4. The maximum Gasteiger partial charge on any atom is 0.425 e. The van der Waals surface area contributed by atoms with Gasteiger partial charge in [-0.2, -0.15) is 26.3 Å². The fourth-order valence-corrected chi connectivity index (χ4v) is 8.92. The van der Waals surface area contributed by atoms with Gasteiger partial charge in [-0.05, 0) is 137 Å². The highest BCUT2D eigenvalue weighted by atomic mass is 127. The molecular formula is C44H37Cl2F6IN2O8S2. The molecule has 1 unspecified atom stereocenters. The van der Waals surface area contributed by atoms with E-state index in [0.29, 0.717) is 10.0 Å². The number of rotatable bonds is 9. The average molecular weight is 1100 g/mol. The monoisotopic (exact) mass is 1100 g/mol. The molecule has 10 nitrogen and oxygen atoms in total. The van der Waals surface area contributed by atoms with E-state index in [-0.39, 0.29) is 58.6 Å². The van der Waals surface area contributed by atoms with E-state index in [0.717, 1.165) is 99.7 Å². The molecule has 65 heavy (non-hydrogen) atoms. The molecular weight excluding hydrogens is 1060 g/mol. The van der Waals surface area contributed by atoms with Crippen molar-refractivity contribution in [2.75, 3.05) is 12.5 Å². The Morgan fingerprint density at radius 2 is 0.969 bits per heavy atom. The summed E-state index contributed by atoms with van der Waals surface area (Å²) in [5.74, 6) is -1.88. The number of carbonyl (C=O) groups is 2. The van der Waals surface area contributed by atoms with Crippen molar-refractivity contribution in [2.24, 2.45) is 0 Å². The molecule has 0 bridgehead atoms. The van der Waals surface area contributed by atoms with Crippen molar-refractivity contribution in [2.45, 2.75) is 74.4 Å². The molecule has 7 rings (SSSR count). The van der Waals surface area contributed by atoms with E-state index in [4.69, 9.17) is 32.7 Å². The number of benzene rings is 5. The Labute approximate surface area is 394 Å². The van der Waals surface area contributed by atoms with Crippen LogP contribution in [0.3, 0.4) is 0 Å². The number of carbonyl (C=O) groups excluding carboxylic acids is 2. The van der Waals surface area contributed by atoms with Gasteiger partial charge in [0.2, 0.25) is 0 Å². The summed E-state index contributed by atoms with van der Waals surface area (Å²) in [6.45, 7) is 2.58. The molecule has 0 aliphatic carbocycles. The summed E-state index contributed by atoms with van der Waals surface area (Å²) in [6, 6.07) is 23.1. The van der Waals surface area contributed by atoms with Crippen LogP contribution in [-0.2, 0) is 45.9 Å². The van der Waals surface area contributed by atoms with E-state index in [1.165, 1.54) is 9.80 Å². The minimum atomic E-state index is -4.67. The number of ether oxygens (including phenoxy) is 2. The highest BCUT2D eigenvalue weighted by Gasteiger charge is 2.40. The van der Waals surface area contributed by atoms with Gasteiger partial charge in [-0.3, -0.25) is 9.59 Å². The number of sulfone groups is 2. The Balaban J connectivity index is 0.000000221. The van der Waals surface area contributed by atoms with Crippen LogP contribution in [0.15, 0.2) is 101 Å². The van der Waals surface area contributed by atoms with Crippen LogP contribution in [0.1, 0.15) is 56.8 Å². The number of nitrogens with zero attached hydrogens (tertiary/aromatic N) is 2. The first-order valence-electron chi connectivity index (χ1n) is 19.2. The second-order valence-electron chi connectivity index (χ2n) is 15.3. The number of fused-ring (bicyclic) bond motifs is 2. The van der Waals surface area contributed by atoms with Crippen LogP contribution in [0.4, 0.5) is 26.3 Å². The lowest BCUT2D eigenvalue weighted by Crippen LogP contribution is -2.32. The third-order valence-corrected chi connectivity index (χ3v) is 14.0. The van der Waals surface area contributed by atoms with Crippen LogP contribution in [0.5, 0.6) is 11.5 Å². The first-order chi connectivity index (χ1) is 30.1. The van der Waals surface area contributed by atoms with E-state index in [1.807, 2.05) is 42.5 Å². The molecule has 5 aromatic carbocycles. The van der Waals surface area contributed by atoms with E-state index >= 15 is 0 Å². The number of hydrogen-bond donors (Lipinski definition) is 0. The zero-order chi connectivity index (χ0) is 48.0.